The Morgan fingerprint density at radius 3 is 1.32 bits per heavy atom. The number of hydrogen-bond donors (Lipinski definition) is 0. The Kier molecular flexibility index (Phi) is 4.51. The van der Waals surface area contributed by atoms with Gasteiger partial charge >= 0.3 is 0 Å². The molecule has 0 unspecified atom stereocenters. The third-order valence-electron chi connectivity index (χ3n) is 10.4. The standard InChI is InChI=1S/C50H30/c1-2-8-31(9-3-1)40-25-24-38(30-46(40)43-27-21-37-19-17-33-11-7-13-35-23-29-45(43)50(37)48(33)35)39-14-4-5-15-41(39)42-26-20-36-18-16-32-10-6-12-34-22-28-44(42)49(36)47(32)34/h1-30H/i4D,5D,14D,15D,24D,25D,30D. The van der Waals surface area contributed by atoms with Crippen LogP contribution in [0.1, 0.15) is 9.60 Å². The van der Waals surface area contributed by atoms with Gasteiger partial charge in [0.25, 0.3) is 0 Å². The van der Waals surface area contributed by atoms with E-state index in [9.17, 15) is 6.85 Å². The van der Waals surface area contributed by atoms with E-state index in [1.807, 2.05) is 78.9 Å². The molecule has 0 heterocycles. The molecule has 0 heteroatoms. The fourth-order valence-electron chi connectivity index (χ4n) is 8.16. The van der Waals surface area contributed by atoms with E-state index in [4.69, 9.17) is 2.74 Å². The minimum absolute atomic E-state index is 0.00642. The molecule has 0 atom stereocenters. The second-order valence-corrected chi connectivity index (χ2v) is 13.1. The molecule has 0 N–H and O–H groups in total. The molecule has 0 radical (unpaired) electrons. The maximum atomic E-state index is 10.2. The van der Waals surface area contributed by atoms with Gasteiger partial charge in [-0.3, -0.25) is 0 Å². The average Bonchev–Trinajstić information content (AvgIpc) is 3.24. The van der Waals surface area contributed by atoms with Crippen molar-refractivity contribution in [1.82, 2.24) is 0 Å². The topological polar surface area (TPSA) is 0 Å². The Bertz CT molecular complexity index is 3450. The molecule has 11 aromatic carbocycles. The Labute approximate surface area is 300 Å². The van der Waals surface area contributed by atoms with Gasteiger partial charge in [0.1, 0.15) is 0 Å². The number of benzene rings is 11. The monoisotopic (exact) mass is 637 g/mol. The van der Waals surface area contributed by atoms with Crippen LogP contribution in [0.3, 0.4) is 0 Å². The molecule has 0 aliphatic heterocycles. The molecule has 0 saturated heterocycles. The number of hydrogen-bond acceptors (Lipinski definition) is 0. The molecular weight excluding hydrogens is 601 g/mol. The molecule has 0 fully saturated rings. The van der Waals surface area contributed by atoms with Gasteiger partial charge in [-0.2, -0.15) is 0 Å². The molecule has 230 valence electrons. The minimum Gasteiger partial charge on any atom is -0.0622 e. The van der Waals surface area contributed by atoms with Crippen molar-refractivity contribution in [3.05, 3.63) is 182 Å². The van der Waals surface area contributed by atoms with E-state index in [0.29, 0.717) is 27.8 Å². The maximum Gasteiger partial charge on any atom is 0.0636 e. The highest BCUT2D eigenvalue weighted by Crippen LogP contribution is 2.46. The van der Waals surface area contributed by atoms with Crippen molar-refractivity contribution in [1.29, 1.82) is 0 Å². The molecule has 0 aliphatic carbocycles. The Hall–Kier alpha value is -6.50. The van der Waals surface area contributed by atoms with E-state index >= 15 is 0 Å². The summed E-state index contributed by atoms with van der Waals surface area (Å²) in [7, 11) is 0. The van der Waals surface area contributed by atoms with Crippen LogP contribution in [0.2, 0.25) is 0 Å². The van der Waals surface area contributed by atoms with Gasteiger partial charge in [-0.05, 0) is 115 Å². The summed E-state index contributed by atoms with van der Waals surface area (Å²) in [5.41, 5.74) is 3.06. The normalized spacial score (nSPS) is 14.0. The molecule has 0 aromatic heterocycles. The zero-order valence-corrected chi connectivity index (χ0v) is 26.8. The van der Waals surface area contributed by atoms with Gasteiger partial charge in [0.2, 0.25) is 0 Å². The van der Waals surface area contributed by atoms with Crippen molar-refractivity contribution in [2.45, 2.75) is 0 Å². The van der Waals surface area contributed by atoms with Gasteiger partial charge in [-0.1, -0.05) is 176 Å². The molecule has 0 saturated carbocycles. The van der Waals surface area contributed by atoms with Gasteiger partial charge < -0.3 is 0 Å². The second-order valence-electron chi connectivity index (χ2n) is 13.1. The zero-order chi connectivity index (χ0) is 38.9. The SMILES string of the molecule is [2H]c1c([2H])c([2H])c(-c2ccc3ccc4cccc5ccc2c3c45)c(-c2c([2H])c([2H])c(-c3ccccc3)c(-c3ccc4ccc5cccc6ccc3c4c56)c2[2H])c1[2H]. The van der Waals surface area contributed by atoms with E-state index in [2.05, 4.69) is 60.7 Å². The Balaban J connectivity index is 1.30. The highest BCUT2D eigenvalue weighted by molar-refractivity contribution is 6.27. The van der Waals surface area contributed by atoms with E-state index < -0.39 is 12.1 Å². The van der Waals surface area contributed by atoms with E-state index in [1.54, 1.807) is 0 Å². The Morgan fingerprint density at radius 2 is 0.740 bits per heavy atom. The van der Waals surface area contributed by atoms with Gasteiger partial charge in [-0.25, -0.2) is 0 Å². The average molecular weight is 638 g/mol. The van der Waals surface area contributed by atoms with Gasteiger partial charge in [0.15, 0.2) is 0 Å². The molecule has 0 amide bonds. The Morgan fingerprint density at radius 1 is 0.280 bits per heavy atom. The first-order valence-corrected chi connectivity index (χ1v) is 16.9. The van der Waals surface area contributed by atoms with Crippen molar-refractivity contribution in [3.8, 4) is 44.5 Å². The lowest BCUT2D eigenvalue weighted by molar-refractivity contribution is 1.57. The van der Waals surface area contributed by atoms with Crippen LogP contribution in [0.4, 0.5) is 0 Å². The lowest BCUT2D eigenvalue weighted by Gasteiger charge is -2.19. The quantitative estimate of drug-likeness (QED) is 0.168. The second kappa shape index (κ2) is 10.5. The fraction of sp³-hybridized carbons (Fsp3) is 0. The van der Waals surface area contributed by atoms with Gasteiger partial charge in [0, 0.05) is 0 Å². The summed E-state index contributed by atoms with van der Waals surface area (Å²) < 4.78 is 66.4. The lowest BCUT2D eigenvalue weighted by Crippen LogP contribution is -1.92. The summed E-state index contributed by atoms with van der Waals surface area (Å²) in [6, 6.07) is 44.3. The predicted octanol–water partition coefficient (Wildman–Crippen LogP) is 14.1. The zero-order valence-electron chi connectivity index (χ0n) is 33.8. The van der Waals surface area contributed by atoms with Crippen LogP contribution >= 0.6 is 0 Å². The van der Waals surface area contributed by atoms with Crippen molar-refractivity contribution in [3.63, 3.8) is 0 Å². The predicted molar refractivity (Wildman–Crippen MR) is 216 cm³/mol. The first-order valence-electron chi connectivity index (χ1n) is 20.4. The largest absolute Gasteiger partial charge is 0.0636 e. The molecule has 0 bridgehead atoms. The van der Waals surface area contributed by atoms with Crippen LogP contribution in [0.25, 0.3) is 109 Å². The smallest absolute Gasteiger partial charge is 0.0622 e. The number of rotatable bonds is 4. The van der Waals surface area contributed by atoms with Crippen LogP contribution in [0, 0.1) is 0 Å². The molecule has 0 aliphatic rings. The molecule has 11 rings (SSSR count). The molecule has 50 heavy (non-hydrogen) atoms. The molecule has 0 nitrogen and oxygen atoms in total. The molecule has 11 aromatic rings. The fourth-order valence-corrected chi connectivity index (χ4v) is 8.16. The first kappa shape index (κ1) is 21.5. The summed E-state index contributed by atoms with van der Waals surface area (Å²) in [6.07, 6.45) is 0. The van der Waals surface area contributed by atoms with Crippen LogP contribution < -0.4 is 0 Å². The van der Waals surface area contributed by atoms with Crippen LogP contribution in [-0.4, -0.2) is 0 Å². The van der Waals surface area contributed by atoms with E-state index in [-0.39, 0.29) is 46.9 Å². The van der Waals surface area contributed by atoms with E-state index in [1.165, 1.54) is 0 Å². The van der Waals surface area contributed by atoms with Crippen molar-refractivity contribution >= 4 is 64.6 Å². The van der Waals surface area contributed by atoms with Crippen molar-refractivity contribution in [2.24, 2.45) is 0 Å². The van der Waals surface area contributed by atoms with Crippen molar-refractivity contribution in [2.75, 3.05) is 0 Å². The summed E-state index contributed by atoms with van der Waals surface area (Å²) in [5.74, 6) is 0. The highest BCUT2D eigenvalue weighted by Gasteiger charge is 2.19. The van der Waals surface area contributed by atoms with Gasteiger partial charge in [-0.15, -0.1) is 0 Å². The summed E-state index contributed by atoms with van der Waals surface area (Å²) in [5, 5.41) is 12.3. The third-order valence-corrected chi connectivity index (χ3v) is 10.4. The molecular formula is C50H30. The van der Waals surface area contributed by atoms with E-state index in [0.717, 1.165) is 64.6 Å². The lowest BCUT2D eigenvalue weighted by atomic mass is 9.84. The highest BCUT2D eigenvalue weighted by atomic mass is 14.2. The first-order chi connectivity index (χ1) is 27.7. The van der Waals surface area contributed by atoms with Gasteiger partial charge in [0.05, 0.1) is 9.60 Å². The van der Waals surface area contributed by atoms with Crippen molar-refractivity contribution < 1.29 is 9.60 Å². The van der Waals surface area contributed by atoms with Crippen LogP contribution in [0.15, 0.2) is 182 Å². The van der Waals surface area contributed by atoms with Crippen LogP contribution in [0.5, 0.6) is 0 Å². The summed E-state index contributed by atoms with van der Waals surface area (Å²) in [4.78, 5) is 0. The molecule has 0 spiro atoms. The maximum absolute atomic E-state index is 10.2. The minimum atomic E-state index is -0.460. The summed E-state index contributed by atoms with van der Waals surface area (Å²) >= 11 is 0. The summed E-state index contributed by atoms with van der Waals surface area (Å²) in [6.45, 7) is 0. The van der Waals surface area contributed by atoms with Crippen LogP contribution in [-0.2, 0) is 0 Å². The third kappa shape index (κ3) is 3.94.